The fourth-order valence-electron chi connectivity index (χ4n) is 2.32. The zero-order chi connectivity index (χ0) is 13.0. The Balaban J connectivity index is 0.00000106. The van der Waals surface area contributed by atoms with E-state index in [4.69, 9.17) is 0 Å². The maximum absolute atomic E-state index is 9.19. The summed E-state index contributed by atoms with van der Waals surface area (Å²) in [6.45, 7) is 12.8. The number of oxime groups is 1. The minimum absolute atomic E-state index is 0.0186. The van der Waals surface area contributed by atoms with Gasteiger partial charge in [0.25, 0.3) is 0 Å². The third kappa shape index (κ3) is 2.73. The normalized spacial score (nSPS) is 35.4. The lowest BCUT2D eigenvalue weighted by Crippen LogP contribution is -2.49. The van der Waals surface area contributed by atoms with Gasteiger partial charge in [0, 0.05) is 5.41 Å². The van der Waals surface area contributed by atoms with E-state index in [2.05, 4.69) is 39.1 Å². The monoisotopic (exact) mass is 245 g/mol. The maximum atomic E-state index is 9.19. The molecule has 0 aromatic heterocycles. The van der Waals surface area contributed by atoms with E-state index in [9.17, 15) is 5.21 Å². The second-order valence-electron chi connectivity index (χ2n) is 5.04. The highest BCUT2D eigenvalue weighted by Gasteiger charge is 2.47. The van der Waals surface area contributed by atoms with Crippen LogP contribution >= 0.6 is 11.8 Å². The smallest absolute Gasteiger partial charge is 0.0786 e. The summed E-state index contributed by atoms with van der Waals surface area (Å²) in [6.07, 6.45) is 4.42. The van der Waals surface area contributed by atoms with Crippen molar-refractivity contribution in [3.63, 3.8) is 0 Å². The second-order valence-corrected chi connectivity index (χ2v) is 6.35. The number of rotatable bonds is 1. The Hall–Kier alpha value is -0.180. The predicted molar refractivity (Wildman–Crippen MR) is 74.7 cm³/mol. The summed E-state index contributed by atoms with van der Waals surface area (Å²) in [7, 11) is 0. The van der Waals surface area contributed by atoms with Gasteiger partial charge >= 0.3 is 0 Å². The van der Waals surface area contributed by atoms with E-state index in [0.717, 1.165) is 12.1 Å². The first kappa shape index (κ1) is 15.8. The third-order valence-corrected chi connectivity index (χ3v) is 5.25. The average molecular weight is 245 g/mol. The zero-order valence-electron chi connectivity index (χ0n) is 11.8. The molecule has 0 aliphatic heterocycles. The molecule has 1 fully saturated rings. The quantitative estimate of drug-likeness (QED) is 0.548. The van der Waals surface area contributed by atoms with E-state index in [1.165, 1.54) is 6.42 Å². The van der Waals surface area contributed by atoms with Gasteiger partial charge in [0.05, 0.1) is 10.5 Å². The molecule has 2 nitrogen and oxygen atoms in total. The lowest BCUT2D eigenvalue weighted by atomic mass is 9.64. The van der Waals surface area contributed by atoms with E-state index in [0.29, 0.717) is 5.92 Å². The molecule has 2 unspecified atom stereocenters. The van der Waals surface area contributed by atoms with Crippen molar-refractivity contribution in [2.45, 2.75) is 59.1 Å². The predicted octanol–water partition coefficient (Wildman–Crippen LogP) is 4.42. The van der Waals surface area contributed by atoms with Crippen molar-refractivity contribution in [1.82, 2.24) is 0 Å². The Morgan fingerprint density at radius 2 is 1.81 bits per heavy atom. The summed E-state index contributed by atoms with van der Waals surface area (Å²) in [4.78, 5) is 0. The van der Waals surface area contributed by atoms with Crippen LogP contribution in [0.2, 0.25) is 0 Å². The molecular formula is C13H27NOS. The van der Waals surface area contributed by atoms with Gasteiger partial charge in [-0.3, -0.25) is 0 Å². The molecule has 0 saturated heterocycles. The zero-order valence-corrected chi connectivity index (χ0v) is 12.6. The highest BCUT2D eigenvalue weighted by Crippen LogP contribution is 2.47. The molecule has 1 aliphatic rings. The number of nitrogens with zero attached hydrogens (tertiary/aromatic N) is 1. The molecule has 0 amide bonds. The van der Waals surface area contributed by atoms with E-state index in [1.807, 2.05) is 13.8 Å². The van der Waals surface area contributed by atoms with Gasteiger partial charge in [0.2, 0.25) is 0 Å². The van der Waals surface area contributed by atoms with Crippen LogP contribution in [0.3, 0.4) is 0 Å². The van der Waals surface area contributed by atoms with Gasteiger partial charge in [-0.25, -0.2) is 0 Å². The molecule has 1 aliphatic carbocycles. The first-order chi connectivity index (χ1) is 7.38. The molecule has 0 radical (unpaired) electrons. The van der Waals surface area contributed by atoms with Crippen LogP contribution in [0.15, 0.2) is 5.16 Å². The SMILES string of the molecule is CC.CSC1(C)CCC(C)C(C)(C)/C1=N/O. The van der Waals surface area contributed by atoms with E-state index < -0.39 is 0 Å². The first-order valence-corrected chi connectivity index (χ1v) is 7.39. The van der Waals surface area contributed by atoms with Crippen LogP contribution in [0.25, 0.3) is 0 Å². The Morgan fingerprint density at radius 3 is 2.19 bits per heavy atom. The largest absolute Gasteiger partial charge is 0.411 e. The van der Waals surface area contributed by atoms with Gasteiger partial charge in [-0.1, -0.05) is 39.8 Å². The topological polar surface area (TPSA) is 32.6 Å². The lowest BCUT2D eigenvalue weighted by molar-refractivity contribution is 0.240. The van der Waals surface area contributed by atoms with Gasteiger partial charge in [-0.05, 0) is 31.9 Å². The number of thioether (sulfide) groups is 1. The van der Waals surface area contributed by atoms with Gasteiger partial charge < -0.3 is 5.21 Å². The van der Waals surface area contributed by atoms with Crippen LogP contribution in [-0.4, -0.2) is 21.9 Å². The van der Waals surface area contributed by atoms with Crippen LogP contribution in [0, 0.1) is 11.3 Å². The molecule has 3 heteroatoms. The van der Waals surface area contributed by atoms with Crippen LogP contribution in [0.1, 0.15) is 54.4 Å². The highest BCUT2D eigenvalue weighted by molar-refractivity contribution is 8.00. The fraction of sp³-hybridized carbons (Fsp3) is 0.923. The molecule has 1 N–H and O–H groups in total. The molecule has 16 heavy (non-hydrogen) atoms. The summed E-state index contributed by atoms with van der Waals surface area (Å²) in [6, 6.07) is 0. The van der Waals surface area contributed by atoms with Crippen molar-refractivity contribution in [2.24, 2.45) is 16.5 Å². The molecule has 0 spiro atoms. The van der Waals surface area contributed by atoms with Crippen molar-refractivity contribution < 1.29 is 5.21 Å². The van der Waals surface area contributed by atoms with Crippen LogP contribution < -0.4 is 0 Å². The summed E-state index contributed by atoms with van der Waals surface area (Å²) >= 11 is 1.79. The average Bonchev–Trinajstić information content (AvgIpc) is 2.27. The van der Waals surface area contributed by atoms with Crippen LogP contribution in [-0.2, 0) is 0 Å². The third-order valence-electron chi connectivity index (χ3n) is 3.95. The maximum Gasteiger partial charge on any atom is 0.0786 e. The summed E-state index contributed by atoms with van der Waals surface area (Å²) in [5.41, 5.74) is 0.973. The second kappa shape index (κ2) is 5.95. The van der Waals surface area contributed by atoms with Crippen molar-refractivity contribution in [1.29, 1.82) is 0 Å². The lowest BCUT2D eigenvalue weighted by Gasteiger charge is -2.46. The molecule has 0 aromatic rings. The first-order valence-electron chi connectivity index (χ1n) is 6.16. The standard InChI is InChI=1S/C11H21NOS.C2H6/c1-8-6-7-11(4,14-5)9(12-13)10(8,2)3;1-2/h8,13H,6-7H2,1-5H3;1-2H3/b12-9-;. The Morgan fingerprint density at radius 1 is 1.31 bits per heavy atom. The summed E-state index contributed by atoms with van der Waals surface area (Å²) in [5, 5.41) is 12.8. The molecule has 0 bridgehead atoms. The molecule has 96 valence electrons. The van der Waals surface area contributed by atoms with E-state index in [-0.39, 0.29) is 10.2 Å². The minimum Gasteiger partial charge on any atom is -0.411 e. The summed E-state index contributed by atoms with van der Waals surface area (Å²) in [5.74, 6) is 0.591. The molecule has 1 rings (SSSR count). The van der Waals surface area contributed by atoms with Crippen LogP contribution in [0.4, 0.5) is 0 Å². The highest BCUT2D eigenvalue weighted by atomic mass is 32.2. The molecular weight excluding hydrogens is 218 g/mol. The summed E-state index contributed by atoms with van der Waals surface area (Å²) < 4.78 is 0.0186. The molecule has 0 aromatic carbocycles. The Labute approximate surface area is 105 Å². The van der Waals surface area contributed by atoms with E-state index >= 15 is 0 Å². The molecule has 2 atom stereocenters. The Kier molecular flexibility index (Phi) is 5.88. The van der Waals surface area contributed by atoms with Crippen LogP contribution in [0.5, 0.6) is 0 Å². The molecule has 1 saturated carbocycles. The van der Waals surface area contributed by atoms with Gasteiger partial charge in [0.1, 0.15) is 0 Å². The number of hydrogen-bond donors (Lipinski definition) is 1. The van der Waals surface area contributed by atoms with Gasteiger partial charge in [0.15, 0.2) is 0 Å². The Bertz CT molecular complexity index is 244. The van der Waals surface area contributed by atoms with Crippen molar-refractivity contribution >= 4 is 17.5 Å². The van der Waals surface area contributed by atoms with E-state index in [1.54, 1.807) is 11.8 Å². The van der Waals surface area contributed by atoms with Gasteiger partial charge in [-0.2, -0.15) is 11.8 Å². The molecule has 0 heterocycles. The number of hydrogen-bond acceptors (Lipinski definition) is 3. The van der Waals surface area contributed by atoms with Crippen molar-refractivity contribution in [2.75, 3.05) is 6.26 Å². The fourth-order valence-corrected chi connectivity index (χ4v) is 3.14. The van der Waals surface area contributed by atoms with Crippen molar-refractivity contribution in [3.05, 3.63) is 0 Å². The minimum atomic E-state index is 0.0186. The van der Waals surface area contributed by atoms with Gasteiger partial charge in [-0.15, -0.1) is 0 Å². The van der Waals surface area contributed by atoms with Crippen molar-refractivity contribution in [3.8, 4) is 0 Å².